The number of hydrogen-bond donors (Lipinski definition) is 0. The summed E-state index contributed by atoms with van der Waals surface area (Å²) in [6, 6.07) is 7.13. The molecule has 0 atom stereocenters. The van der Waals surface area contributed by atoms with E-state index in [0.29, 0.717) is 22.6 Å². The number of nitriles is 1. The Morgan fingerprint density at radius 2 is 2.11 bits per heavy atom. The summed E-state index contributed by atoms with van der Waals surface area (Å²) in [5.74, 6) is 0.281. The van der Waals surface area contributed by atoms with E-state index in [-0.39, 0.29) is 5.56 Å². The summed E-state index contributed by atoms with van der Waals surface area (Å²) < 4.78 is 6.88. The lowest BCUT2D eigenvalue weighted by Crippen LogP contribution is -2.22. The van der Waals surface area contributed by atoms with Crippen LogP contribution >= 0.6 is 11.8 Å². The molecule has 0 unspecified atom stereocenters. The van der Waals surface area contributed by atoms with Gasteiger partial charge in [-0.2, -0.15) is 5.26 Å². The molecule has 0 aromatic carbocycles. The molecule has 2 aromatic heterocycles. The van der Waals surface area contributed by atoms with Crippen LogP contribution in [0.25, 0.3) is 5.52 Å². The van der Waals surface area contributed by atoms with Gasteiger partial charge >= 0.3 is 5.97 Å². The molecule has 1 aliphatic rings. The van der Waals surface area contributed by atoms with E-state index < -0.39 is 11.5 Å². The zero-order valence-corrected chi connectivity index (χ0v) is 16.4. The minimum atomic E-state index is -0.469. The fourth-order valence-corrected chi connectivity index (χ4v) is 4.60. The molecule has 0 saturated heterocycles. The van der Waals surface area contributed by atoms with Gasteiger partial charge in [-0.15, -0.1) is 11.8 Å². The van der Waals surface area contributed by atoms with E-state index in [2.05, 4.69) is 0 Å². The van der Waals surface area contributed by atoms with Crippen molar-refractivity contribution in [2.75, 3.05) is 12.9 Å². The summed E-state index contributed by atoms with van der Waals surface area (Å²) in [6.45, 7) is 0.364. The zero-order chi connectivity index (χ0) is 19.2. The molecule has 6 heteroatoms. The van der Waals surface area contributed by atoms with E-state index in [4.69, 9.17) is 4.74 Å². The number of thioether (sulfide) groups is 1. The predicted molar refractivity (Wildman–Crippen MR) is 106 cm³/mol. The Labute approximate surface area is 163 Å². The van der Waals surface area contributed by atoms with Gasteiger partial charge in [0.1, 0.15) is 11.6 Å². The number of carbonyl (C=O) groups is 1. The summed E-state index contributed by atoms with van der Waals surface area (Å²) in [4.78, 5) is 25.7. The van der Waals surface area contributed by atoms with Crippen LogP contribution in [0.5, 0.6) is 0 Å². The molecule has 27 heavy (non-hydrogen) atoms. The van der Waals surface area contributed by atoms with Crippen molar-refractivity contribution in [3.05, 3.63) is 45.9 Å². The van der Waals surface area contributed by atoms with Crippen LogP contribution in [0.1, 0.15) is 60.9 Å². The lowest BCUT2D eigenvalue weighted by atomic mass is 9.86. The van der Waals surface area contributed by atoms with Crippen molar-refractivity contribution in [2.45, 2.75) is 49.8 Å². The molecular weight excluding hydrogens is 360 g/mol. The number of aromatic nitrogens is 1. The first-order chi connectivity index (χ1) is 13.2. The van der Waals surface area contributed by atoms with E-state index >= 15 is 0 Å². The third-order valence-electron chi connectivity index (χ3n) is 5.24. The first-order valence-electron chi connectivity index (χ1n) is 9.46. The van der Waals surface area contributed by atoms with E-state index in [0.717, 1.165) is 18.8 Å². The molecule has 2 aromatic rings. The smallest absolute Gasteiger partial charge is 0.341 e. The Bertz CT molecular complexity index is 923. The number of fused-ring (bicyclic) bond motifs is 1. The molecule has 0 spiro atoms. The van der Waals surface area contributed by atoms with Crippen molar-refractivity contribution in [3.8, 4) is 6.07 Å². The maximum Gasteiger partial charge on any atom is 0.341 e. The molecule has 0 bridgehead atoms. The van der Waals surface area contributed by atoms with Gasteiger partial charge in [0.05, 0.1) is 17.7 Å². The number of esters is 1. The van der Waals surface area contributed by atoms with Crippen LogP contribution in [-0.4, -0.2) is 23.2 Å². The lowest BCUT2D eigenvalue weighted by molar-refractivity contribution is 0.0489. The Kier molecular flexibility index (Phi) is 6.57. The van der Waals surface area contributed by atoms with Crippen molar-refractivity contribution in [1.82, 2.24) is 4.40 Å². The molecule has 1 saturated carbocycles. The number of hydrogen-bond acceptors (Lipinski definition) is 5. The van der Waals surface area contributed by atoms with Gasteiger partial charge in [0.2, 0.25) is 0 Å². The van der Waals surface area contributed by atoms with Crippen LogP contribution in [0.15, 0.2) is 34.1 Å². The number of carbonyl (C=O) groups excluding carboxylic acids is 1. The highest BCUT2D eigenvalue weighted by Gasteiger charge is 2.23. The molecule has 3 rings (SSSR count). The van der Waals surface area contributed by atoms with E-state index in [9.17, 15) is 14.9 Å². The molecule has 0 radical (unpaired) electrons. The molecule has 1 aliphatic carbocycles. The topological polar surface area (TPSA) is 71.6 Å². The fraction of sp³-hybridized carbons (Fsp3) is 0.476. The molecular formula is C21H24N2O3S. The van der Waals surface area contributed by atoms with Crippen LogP contribution in [0.2, 0.25) is 0 Å². The van der Waals surface area contributed by atoms with E-state index in [1.54, 1.807) is 30.7 Å². The van der Waals surface area contributed by atoms with Gasteiger partial charge in [-0.3, -0.25) is 9.20 Å². The van der Waals surface area contributed by atoms with Crippen molar-refractivity contribution < 1.29 is 9.53 Å². The first-order valence-corrected chi connectivity index (χ1v) is 10.7. The standard InChI is InChI=1S/C21H24N2O3S/c1-27-19-16(14-22)20(24)23-12-6-5-11-17(23)18(19)21(25)26-13-7-10-15-8-3-2-4-9-15/h5-6,11-12,15H,2-4,7-10,13H2,1H3. The molecule has 2 heterocycles. The first kappa shape index (κ1) is 19.5. The largest absolute Gasteiger partial charge is 0.462 e. The Morgan fingerprint density at radius 3 is 2.81 bits per heavy atom. The number of ether oxygens (including phenoxy) is 1. The van der Waals surface area contributed by atoms with Crippen LogP contribution < -0.4 is 5.56 Å². The van der Waals surface area contributed by atoms with Crippen LogP contribution in [-0.2, 0) is 4.74 Å². The quantitative estimate of drug-likeness (QED) is 0.419. The average molecular weight is 385 g/mol. The second-order valence-electron chi connectivity index (χ2n) is 6.94. The van der Waals surface area contributed by atoms with Crippen molar-refractivity contribution in [1.29, 1.82) is 5.26 Å². The predicted octanol–water partition coefficient (Wildman–Crippen LogP) is 4.41. The third kappa shape index (κ3) is 4.19. The minimum absolute atomic E-state index is 0.0136. The van der Waals surface area contributed by atoms with E-state index in [1.807, 2.05) is 6.07 Å². The summed E-state index contributed by atoms with van der Waals surface area (Å²) >= 11 is 1.23. The van der Waals surface area contributed by atoms with Crippen LogP contribution in [0, 0.1) is 17.2 Å². The maximum atomic E-state index is 12.8. The second-order valence-corrected chi connectivity index (χ2v) is 7.75. The summed E-state index contributed by atoms with van der Waals surface area (Å²) in [5, 5.41) is 9.43. The highest BCUT2D eigenvalue weighted by Crippen LogP contribution is 2.28. The van der Waals surface area contributed by atoms with Gasteiger partial charge in [-0.05, 0) is 37.1 Å². The Hall–Kier alpha value is -2.26. The van der Waals surface area contributed by atoms with Gasteiger partial charge in [0, 0.05) is 11.1 Å². The maximum absolute atomic E-state index is 12.8. The summed E-state index contributed by atoms with van der Waals surface area (Å²) in [7, 11) is 0. The highest BCUT2D eigenvalue weighted by molar-refractivity contribution is 7.98. The third-order valence-corrected chi connectivity index (χ3v) is 6.05. The van der Waals surface area contributed by atoms with Gasteiger partial charge in [-0.1, -0.05) is 38.2 Å². The molecule has 5 nitrogen and oxygen atoms in total. The van der Waals surface area contributed by atoms with Crippen molar-refractivity contribution in [2.24, 2.45) is 5.92 Å². The number of rotatable bonds is 6. The summed E-state index contributed by atoms with van der Waals surface area (Å²) in [6.07, 6.45) is 11.8. The fourth-order valence-electron chi connectivity index (χ4n) is 3.87. The highest BCUT2D eigenvalue weighted by atomic mass is 32.2. The lowest BCUT2D eigenvalue weighted by Gasteiger charge is -2.21. The Morgan fingerprint density at radius 1 is 1.33 bits per heavy atom. The number of nitrogens with zero attached hydrogens (tertiary/aromatic N) is 2. The normalized spacial score (nSPS) is 14.8. The van der Waals surface area contributed by atoms with Crippen molar-refractivity contribution in [3.63, 3.8) is 0 Å². The Balaban J connectivity index is 1.80. The van der Waals surface area contributed by atoms with Crippen molar-refractivity contribution >= 4 is 23.2 Å². The molecule has 1 fully saturated rings. The monoisotopic (exact) mass is 384 g/mol. The minimum Gasteiger partial charge on any atom is -0.462 e. The molecule has 0 N–H and O–H groups in total. The van der Waals surface area contributed by atoms with Gasteiger partial charge in [0.15, 0.2) is 0 Å². The van der Waals surface area contributed by atoms with Crippen LogP contribution in [0.4, 0.5) is 0 Å². The molecule has 142 valence electrons. The van der Waals surface area contributed by atoms with Gasteiger partial charge < -0.3 is 4.74 Å². The van der Waals surface area contributed by atoms with Crippen LogP contribution in [0.3, 0.4) is 0 Å². The van der Waals surface area contributed by atoms with E-state index in [1.165, 1.54) is 48.3 Å². The second kappa shape index (κ2) is 9.09. The molecule has 0 aliphatic heterocycles. The van der Waals surface area contributed by atoms with Gasteiger partial charge in [-0.25, -0.2) is 4.79 Å². The average Bonchev–Trinajstić information content (AvgIpc) is 2.71. The number of pyridine rings is 2. The summed E-state index contributed by atoms with van der Waals surface area (Å²) in [5.41, 5.74) is 0.353. The zero-order valence-electron chi connectivity index (χ0n) is 15.6. The molecule has 0 amide bonds. The SMILES string of the molecule is CSc1c(C#N)c(=O)n2ccccc2c1C(=O)OCCCC1CCCCC1. The van der Waals surface area contributed by atoms with Gasteiger partial charge in [0.25, 0.3) is 5.56 Å².